The van der Waals surface area contributed by atoms with Crippen molar-refractivity contribution in [2.75, 3.05) is 0 Å². The van der Waals surface area contributed by atoms with E-state index in [-0.39, 0.29) is 0 Å². The molecule has 0 fully saturated rings. The Morgan fingerprint density at radius 1 is 1.38 bits per heavy atom. The molecular weight excluding hydrogens is 176 g/mol. The minimum absolute atomic E-state index is 1.09. The second-order valence-electron chi connectivity index (χ2n) is 3.00. The van der Waals surface area contributed by atoms with E-state index in [4.69, 9.17) is 0 Å². The summed E-state index contributed by atoms with van der Waals surface area (Å²) in [6, 6.07) is 8.55. The van der Waals surface area contributed by atoms with Crippen LogP contribution in [0.3, 0.4) is 0 Å². The second kappa shape index (κ2) is 3.35. The Labute approximate surface area is 82.5 Å². The number of benzene rings is 1. The zero-order valence-corrected chi connectivity index (χ0v) is 8.53. The van der Waals surface area contributed by atoms with Crippen molar-refractivity contribution in [3.05, 3.63) is 41.3 Å². The van der Waals surface area contributed by atoms with Crippen molar-refractivity contribution in [1.29, 1.82) is 0 Å². The first-order valence-electron chi connectivity index (χ1n) is 4.49. The van der Waals surface area contributed by atoms with Gasteiger partial charge in [-0.25, -0.2) is 0 Å². The second-order valence-corrected chi connectivity index (χ2v) is 4.08. The maximum Gasteiger partial charge on any atom is 0.0352 e. The number of rotatable bonds is 2. The van der Waals surface area contributed by atoms with Crippen LogP contribution in [0.1, 0.15) is 17.4 Å². The summed E-state index contributed by atoms with van der Waals surface area (Å²) in [6.45, 7) is 6.04. The van der Waals surface area contributed by atoms with Gasteiger partial charge >= 0.3 is 0 Å². The fourth-order valence-electron chi connectivity index (χ4n) is 1.65. The summed E-state index contributed by atoms with van der Waals surface area (Å²) in [7, 11) is 0. The largest absolute Gasteiger partial charge is 0.136 e. The molecule has 0 aliphatic carbocycles. The molecule has 2 rings (SSSR count). The van der Waals surface area contributed by atoms with Crippen molar-refractivity contribution in [2.45, 2.75) is 13.3 Å². The van der Waals surface area contributed by atoms with Crippen molar-refractivity contribution >= 4 is 27.5 Å². The highest BCUT2D eigenvalue weighted by Gasteiger charge is 2.06. The normalized spacial score (nSPS) is 10.5. The van der Waals surface area contributed by atoms with Crippen LogP contribution in [-0.2, 0) is 6.42 Å². The Morgan fingerprint density at radius 2 is 2.15 bits per heavy atom. The molecule has 0 nitrogen and oxygen atoms in total. The lowest BCUT2D eigenvalue weighted by Crippen LogP contribution is -1.78. The molecule has 0 radical (unpaired) electrons. The minimum atomic E-state index is 1.09. The molecule has 0 bridgehead atoms. The van der Waals surface area contributed by atoms with Crippen LogP contribution in [0.25, 0.3) is 16.2 Å². The average molecular weight is 188 g/mol. The molecule has 2 aromatic rings. The Morgan fingerprint density at radius 3 is 2.85 bits per heavy atom. The fraction of sp³-hybridized carbons (Fsp3) is 0.167. The highest BCUT2D eigenvalue weighted by Crippen LogP contribution is 2.32. The van der Waals surface area contributed by atoms with E-state index in [0.29, 0.717) is 0 Å². The smallest absolute Gasteiger partial charge is 0.0352 e. The van der Waals surface area contributed by atoms with Crippen LogP contribution in [0.15, 0.2) is 30.8 Å². The SMILES string of the molecule is C=Cc1sc2ccccc2c1CC. The Balaban J connectivity index is 2.81. The van der Waals surface area contributed by atoms with Gasteiger partial charge in [0, 0.05) is 9.58 Å². The zero-order valence-electron chi connectivity index (χ0n) is 7.71. The molecule has 0 aliphatic rings. The topological polar surface area (TPSA) is 0 Å². The third-order valence-corrected chi connectivity index (χ3v) is 3.48. The molecular formula is C12H12S. The van der Waals surface area contributed by atoms with E-state index in [1.807, 2.05) is 17.4 Å². The van der Waals surface area contributed by atoms with Crippen molar-refractivity contribution in [2.24, 2.45) is 0 Å². The summed E-state index contributed by atoms with van der Waals surface area (Å²) < 4.78 is 1.37. The van der Waals surface area contributed by atoms with Gasteiger partial charge in [-0.3, -0.25) is 0 Å². The van der Waals surface area contributed by atoms with Crippen LogP contribution in [-0.4, -0.2) is 0 Å². The van der Waals surface area contributed by atoms with E-state index in [2.05, 4.69) is 37.8 Å². The van der Waals surface area contributed by atoms with Crippen molar-refractivity contribution in [3.63, 3.8) is 0 Å². The van der Waals surface area contributed by atoms with Gasteiger partial charge in [0.2, 0.25) is 0 Å². The van der Waals surface area contributed by atoms with Crippen molar-refractivity contribution < 1.29 is 0 Å². The molecule has 0 saturated carbocycles. The van der Waals surface area contributed by atoms with Crippen molar-refractivity contribution in [3.8, 4) is 0 Å². The molecule has 1 aromatic carbocycles. The number of aryl methyl sites for hydroxylation is 1. The third kappa shape index (κ3) is 1.29. The number of hydrogen-bond acceptors (Lipinski definition) is 1. The summed E-state index contributed by atoms with van der Waals surface area (Å²) in [5.74, 6) is 0. The third-order valence-electron chi connectivity index (χ3n) is 2.27. The summed E-state index contributed by atoms with van der Waals surface area (Å²) in [5.41, 5.74) is 1.44. The van der Waals surface area contributed by atoms with Crippen LogP contribution < -0.4 is 0 Å². The number of fused-ring (bicyclic) bond motifs is 1. The minimum Gasteiger partial charge on any atom is -0.136 e. The van der Waals surface area contributed by atoms with Gasteiger partial charge in [0.1, 0.15) is 0 Å². The van der Waals surface area contributed by atoms with E-state index in [9.17, 15) is 0 Å². The van der Waals surface area contributed by atoms with Crippen LogP contribution in [0.4, 0.5) is 0 Å². The van der Waals surface area contributed by atoms with Gasteiger partial charge in [0.15, 0.2) is 0 Å². The van der Waals surface area contributed by atoms with Gasteiger partial charge in [-0.15, -0.1) is 11.3 Å². The van der Waals surface area contributed by atoms with Crippen LogP contribution in [0.5, 0.6) is 0 Å². The first kappa shape index (κ1) is 8.52. The molecule has 1 heterocycles. The Bertz CT molecular complexity index is 437. The molecule has 13 heavy (non-hydrogen) atoms. The van der Waals surface area contributed by atoms with E-state index in [0.717, 1.165) is 6.42 Å². The van der Waals surface area contributed by atoms with E-state index in [1.54, 1.807) is 0 Å². The maximum atomic E-state index is 3.85. The predicted molar refractivity (Wildman–Crippen MR) is 61.3 cm³/mol. The quantitative estimate of drug-likeness (QED) is 0.665. The molecule has 1 heteroatoms. The standard InChI is InChI=1S/C12H12S/c1-3-9-10-7-5-6-8-12(10)13-11(9)4-2/h4-8H,2-3H2,1H3. The van der Waals surface area contributed by atoms with E-state index < -0.39 is 0 Å². The Hall–Kier alpha value is -1.08. The zero-order chi connectivity index (χ0) is 9.26. The highest BCUT2D eigenvalue weighted by atomic mass is 32.1. The van der Waals surface area contributed by atoms with Crippen LogP contribution in [0, 0.1) is 0 Å². The average Bonchev–Trinajstić information content (AvgIpc) is 2.55. The first-order valence-corrected chi connectivity index (χ1v) is 5.31. The first-order chi connectivity index (χ1) is 6.36. The van der Waals surface area contributed by atoms with Gasteiger partial charge in [0.05, 0.1) is 0 Å². The molecule has 0 spiro atoms. The molecule has 0 amide bonds. The molecule has 66 valence electrons. The van der Waals surface area contributed by atoms with Crippen LogP contribution >= 0.6 is 11.3 Å². The fourth-order valence-corrected chi connectivity index (χ4v) is 2.79. The molecule has 0 saturated heterocycles. The summed E-state index contributed by atoms with van der Waals surface area (Å²) in [5, 5.41) is 1.39. The summed E-state index contributed by atoms with van der Waals surface area (Å²) in [4.78, 5) is 1.32. The summed E-state index contributed by atoms with van der Waals surface area (Å²) in [6.07, 6.45) is 3.05. The van der Waals surface area contributed by atoms with Gasteiger partial charge in [-0.2, -0.15) is 0 Å². The van der Waals surface area contributed by atoms with Gasteiger partial charge < -0.3 is 0 Å². The van der Waals surface area contributed by atoms with E-state index in [1.165, 1.54) is 20.5 Å². The lowest BCUT2D eigenvalue weighted by atomic mass is 10.1. The van der Waals surface area contributed by atoms with Crippen molar-refractivity contribution in [1.82, 2.24) is 0 Å². The van der Waals surface area contributed by atoms with E-state index >= 15 is 0 Å². The lowest BCUT2D eigenvalue weighted by molar-refractivity contribution is 1.17. The monoisotopic (exact) mass is 188 g/mol. The Kier molecular flexibility index (Phi) is 2.19. The maximum absolute atomic E-state index is 3.85. The lowest BCUT2D eigenvalue weighted by Gasteiger charge is -1.94. The van der Waals surface area contributed by atoms with Crippen LogP contribution in [0.2, 0.25) is 0 Å². The molecule has 0 N–H and O–H groups in total. The molecule has 0 aliphatic heterocycles. The highest BCUT2D eigenvalue weighted by molar-refractivity contribution is 7.20. The number of thiophene rings is 1. The molecule has 0 atom stereocenters. The molecule has 1 aromatic heterocycles. The predicted octanol–water partition coefficient (Wildman–Crippen LogP) is 4.11. The van der Waals surface area contributed by atoms with Gasteiger partial charge in [0.25, 0.3) is 0 Å². The molecule has 0 unspecified atom stereocenters. The van der Waals surface area contributed by atoms with Gasteiger partial charge in [-0.05, 0) is 23.4 Å². The summed E-state index contributed by atoms with van der Waals surface area (Å²) >= 11 is 1.83. The van der Waals surface area contributed by atoms with Gasteiger partial charge in [-0.1, -0.05) is 37.8 Å². The number of hydrogen-bond donors (Lipinski definition) is 0.